The first-order valence-corrected chi connectivity index (χ1v) is 4.83. The third-order valence-electron chi connectivity index (χ3n) is 1.99. The first-order valence-electron chi connectivity index (χ1n) is 4.42. The highest BCUT2D eigenvalue weighted by molar-refractivity contribution is 7.80. The minimum absolute atomic E-state index is 0.205. The molecule has 0 heterocycles. The molecule has 3 nitrogen and oxygen atoms in total. The Bertz CT molecular complexity index is 374. The Kier molecular flexibility index (Phi) is 4.24. The standard InChI is InChI=1S/C11H12O3S/c1-13-10(12)7-8-5-3-4-6-9(8)11(15)14-2/h3-6H,7H2,1-2H3. The monoisotopic (exact) mass is 224 g/mol. The lowest BCUT2D eigenvalue weighted by Crippen LogP contribution is -2.10. The van der Waals surface area contributed by atoms with Gasteiger partial charge in [0.1, 0.15) is 0 Å². The molecule has 1 aromatic carbocycles. The van der Waals surface area contributed by atoms with Gasteiger partial charge in [-0.05, 0) is 17.8 Å². The van der Waals surface area contributed by atoms with Gasteiger partial charge in [0.2, 0.25) is 0 Å². The molecular weight excluding hydrogens is 212 g/mol. The van der Waals surface area contributed by atoms with Crippen molar-refractivity contribution in [1.82, 2.24) is 0 Å². The van der Waals surface area contributed by atoms with Crippen molar-refractivity contribution in [2.24, 2.45) is 0 Å². The number of methoxy groups -OCH3 is 2. The van der Waals surface area contributed by atoms with Gasteiger partial charge in [-0.25, -0.2) is 0 Å². The van der Waals surface area contributed by atoms with Crippen LogP contribution in [0.15, 0.2) is 24.3 Å². The number of esters is 1. The highest BCUT2D eigenvalue weighted by Crippen LogP contribution is 2.12. The second-order valence-electron chi connectivity index (χ2n) is 2.90. The highest BCUT2D eigenvalue weighted by atomic mass is 32.1. The van der Waals surface area contributed by atoms with Crippen molar-refractivity contribution in [3.63, 3.8) is 0 Å². The van der Waals surface area contributed by atoms with Crippen LogP contribution in [0.1, 0.15) is 11.1 Å². The molecule has 80 valence electrons. The molecule has 0 aliphatic carbocycles. The Hall–Kier alpha value is -1.42. The number of hydrogen-bond donors (Lipinski definition) is 0. The number of thiocarbonyl (C=S) groups is 1. The van der Waals surface area contributed by atoms with Crippen molar-refractivity contribution in [3.8, 4) is 0 Å². The predicted molar refractivity (Wildman–Crippen MR) is 60.9 cm³/mol. The molecule has 0 atom stereocenters. The van der Waals surface area contributed by atoms with Gasteiger partial charge in [0.15, 0.2) is 5.05 Å². The summed E-state index contributed by atoms with van der Waals surface area (Å²) in [4.78, 5) is 11.1. The Morgan fingerprint density at radius 1 is 1.27 bits per heavy atom. The molecule has 0 unspecified atom stereocenters. The first kappa shape index (κ1) is 11.7. The molecule has 0 fully saturated rings. The summed E-state index contributed by atoms with van der Waals surface area (Å²) in [5.74, 6) is -0.290. The van der Waals surface area contributed by atoms with E-state index >= 15 is 0 Å². The number of rotatable bonds is 3. The fraction of sp³-hybridized carbons (Fsp3) is 0.273. The second kappa shape index (κ2) is 5.46. The zero-order valence-electron chi connectivity index (χ0n) is 8.65. The van der Waals surface area contributed by atoms with E-state index in [-0.39, 0.29) is 12.4 Å². The third-order valence-corrected chi connectivity index (χ3v) is 2.37. The summed E-state index contributed by atoms with van der Waals surface area (Å²) in [6, 6.07) is 7.35. The Morgan fingerprint density at radius 3 is 2.53 bits per heavy atom. The van der Waals surface area contributed by atoms with Crippen molar-refractivity contribution in [3.05, 3.63) is 35.4 Å². The van der Waals surface area contributed by atoms with E-state index in [1.165, 1.54) is 14.2 Å². The molecule has 0 aromatic heterocycles. The largest absolute Gasteiger partial charge is 0.486 e. The van der Waals surface area contributed by atoms with Crippen LogP contribution in [-0.2, 0) is 20.7 Å². The van der Waals surface area contributed by atoms with Crippen molar-refractivity contribution in [2.45, 2.75) is 6.42 Å². The Balaban J connectivity index is 2.96. The quantitative estimate of drug-likeness (QED) is 0.578. The van der Waals surface area contributed by atoms with Crippen LogP contribution >= 0.6 is 12.2 Å². The maximum absolute atomic E-state index is 11.1. The van der Waals surface area contributed by atoms with Gasteiger partial charge in [0.25, 0.3) is 0 Å². The Labute approximate surface area is 94.0 Å². The summed E-state index contributed by atoms with van der Waals surface area (Å²) in [7, 11) is 2.87. The summed E-state index contributed by atoms with van der Waals surface area (Å²) in [6.45, 7) is 0. The zero-order chi connectivity index (χ0) is 11.3. The number of carbonyl (C=O) groups excluding carboxylic acids is 1. The van der Waals surface area contributed by atoms with Crippen molar-refractivity contribution < 1.29 is 14.3 Å². The maximum atomic E-state index is 11.1. The minimum atomic E-state index is -0.290. The van der Waals surface area contributed by atoms with Crippen LogP contribution in [0.2, 0.25) is 0 Å². The Morgan fingerprint density at radius 2 is 1.93 bits per heavy atom. The summed E-state index contributed by atoms with van der Waals surface area (Å²) in [5, 5.41) is 0.384. The second-order valence-corrected chi connectivity index (χ2v) is 3.27. The fourth-order valence-electron chi connectivity index (χ4n) is 1.21. The van der Waals surface area contributed by atoms with E-state index < -0.39 is 0 Å². The molecular formula is C11H12O3S. The van der Waals surface area contributed by atoms with E-state index in [2.05, 4.69) is 4.74 Å². The molecule has 0 saturated heterocycles. The van der Waals surface area contributed by atoms with E-state index in [1.54, 1.807) is 0 Å². The van der Waals surface area contributed by atoms with Crippen molar-refractivity contribution in [2.75, 3.05) is 14.2 Å². The van der Waals surface area contributed by atoms with Gasteiger partial charge in [0.05, 0.1) is 20.6 Å². The summed E-state index contributed by atoms with van der Waals surface area (Å²) in [6.07, 6.45) is 0.205. The van der Waals surface area contributed by atoms with Crippen molar-refractivity contribution >= 4 is 23.2 Å². The molecule has 0 radical (unpaired) electrons. The molecule has 1 aromatic rings. The summed E-state index contributed by atoms with van der Waals surface area (Å²) < 4.78 is 9.57. The van der Waals surface area contributed by atoms with E-state index in [4.69, 9.17) is 17.0 Å². The van der Waals surface area contributed by atoms with E-state index in [9.17, 15) is 4.79 Å². The van der Waals surface area contributed by atoms with Crippen molar-refractivity contribution in [1.29, 1.82) is 0 Å². The van der Waals surface area contributed by atoms with Crippen LogP contribution in [0.5, 0.6) is 0 Å². The number of ether oxygens (including phenoxy) is 2. The van der Waals surface area contributed by atoms with Crippen LogP contribution in [0.3, 0.4) is 0 Å². The van der Waals surface area contributed by atoms with Crippen LogP contribution in [0, 0.1) is 0 Å². The molecule has 0 N–H and O–H groups in total. The van der Waals surface area contributed by atoms with Crippen LogP contribution in [-0.4, -0.2) is 25.2 Å². The van der Waals surface area contributed by atoms with Crippen LogP contribution in [0.4, 0.5) is 0 Å². The predicted octanol–water partition coefficient (Wildman–Crippen LogP) is 1.72. The molecule has 0 spiro atoms. The average Bonchev–Trinajstić information content (AvgIpc) is 2.28. The summed E-state index contributed by atoms with van der Waals surface area (Å²) in [5.41, 5.74) is 1.58. The topological polar surface area (TPSA) is 35.5 Å². The lowest BCUT2D eigenvalue weighted by molar-refractivity contribution is -0.139. The summed E-state index contributed by atoms with van der Waals surface area (Å²) >= 11 is 5.02. The van der Waals surface area contributed by atoms with Gasteiger partial charge in [0, 0.05) is 5.56 Å². The molecule has 0 aliphatic heterocycles. The lowest BCUT2D eigenvalue weighted by Gasteiger charge is -2.08. The molecule has 0 aliphatic rings. The molecule has 0 bridgehead atoms. The number of carbonyl (C=O) groups is 1. The number of hydrogen-bond acceptors (Lipinski definition) is 4. The molecule has 4 heteroatoms. The van der Waals surface area contributed by atoms with Crippen LogP contribution < -0.4 is 0 Å². The molecule has 0 amide bonds. The van der Waals surface area contributed by atoms with Gasteiger partial charge in [-0.15, -0.1) is 0 Å². The number of benzene rings is 1. The smallest absolute Gasteiger partial charge is 0.310 e. The van der Waals surface area contributed by atoms with E-state index in [0.717, 1.165) is 11.1 Å². The van der Waals surface area contributed by atoms with E-state index in [0.29, 0.717) is 5.05 Å². The van der Waals surface area contributed by atoms with Gasteiger partial charge in [-0.2, -0.15) is 0 Å². The van der Waals surface area contributed by atoms with Crippen LogP contribution in [0.25, 0.3) is 0 Å². The fourth-order valence-corrected chi connectivity index (χ4v) is 1.41. The van der Waals surface area contributed by atoms with Gasteiger partial charge >= 0.3 is 5.97 Å². The molecule has 15 heavy (non-hydrogen) atoms. The van der Waals surface area contributed by atoms with Gasteiger partial charge in [-0.3, -0.25) is 4.79 Å². The zero-order valence-corrected chi connectivity index (χ0v) is 9.47. The lowest BCUT2D eigenvalue weighted by atomic mass is 10.1. The van der Waals surface area contributed by atoms with E-state index in [1.807, 2.05) is 24.3 Å². The average molecular weight is 224 g/mol. The molecule has 0 saturated carbocycles. The first-order chi connectivity index (χ1) is 7.19. The highest BCUT2D eigenvalue weighted by Gasteiger charge is 2.10. The SMILES string of the molecule is COC(=O)Cc1ccccc1C(=S)OC. The normalized spacial score (nSPS) is 9.47. The third kappa shape index (κ3) is 3.02. The maximum Gasteiger partial charge on any atom is 0.310 e. The minimum Gasteiger partial charge on any atom is -0.486 e. The van der Waals surface area contributed by atoms with Gasteiger partial charge in [-0.1, -0.05) is 24.3 Å². The molecule has 1 rings (SSSR count). The van der Waals surface area contributed by atoms with Gasteiger partial charge < -0.3 is 9.47 Å².